The highest BCUT2D eigenvalue weighted by atomic mass is 19.1. The average Bonchev–Trinajstić information content (AvgIpc) is 3.68. The van der Waals surface area contributed by atoms with Gasteiger partial charge in [0.1, 0.15) is 22.8 Å². The van der Waals surface area contributed by atoms with Gasteiger partial charge in [0.25, 0.3) is 0 Å². The van der Waals surface area contributed by atoms with Gasteiger partial charge in [-0.25, -0.2) is 14.0 Å². The quantitative estimate of drug-likeness (QED) is 0.287. The van der Waals surface area contributed by atoms with Crippen molar-refractivity contribution >= 4 is 34.3 Å². The van der Waals surface area contributed by atoms with E-state index in [4.69, 9.17) is 20.0 Å². The van der Waals surface area contributed by atoms with Crippen LogP contribution in [0, 0.1) is 5.82 Å². The number of hydrogen-bond acceptors (Lipinski definition) is 9. The van der Waals surface area contributed by atoms with E-state index in [1.165, 1.54) is 17.5 Å². The van der Waals surface area contributed by atoms with E-state index < -0.39 is 17.9 Å². The number of nitrogens with two attached hydrogens (primary N) is 1. The topological polar surface area (TPSA) is 149 Å². The van der Waals surface area contributed by atoms with Crippen LogP contribution >= 0.6 is 0 Å². The number of rotatable bonds is 8. The summed E-state index contributed by atoms with van der Waals surface area (Å²) in [7, 11) is 1.70. The molecule has 5 heterocycles. The van der Waals surface area contributed by atoms with Crippen molar-refractivity contribution in [2.75, 3.05) is 43.4 Å². The number of nitrogen functional groups attached to an aromatic ring is 1. The number of piperazine rings is 1. The van der Waals surface area contributed by atoms with E-state index in [9.17, 15) is 14.0 Å². The molecule has 0 bridgehead atoms. The molecule has 0 saturated carbocycles. The fourth-order valence-electron chi connectivity index (χ4n) is 5.20. The molecule has 1 aliphatic rings. The van der Waals surface area contributed by atoms with Gasteiger partial charge in [0.15, 0.2) is 17.5 Å². The molecule has 4 aromatic heterocycles. The molecule has 14 heteroatoms. The highest BCUT2D eigenvalue weighted by molar-refractivity contribution is 5.91. The normalized spacial score (nSPS) is 15.1. The van der Waals surface area contributed by atoms with Crippen molar-refractivity contribution in [2.24, 2.45) is 7.05 Å². The summed E-state index contributed by atoms with van der Waals surface area (Å²) in [5.41, 5.74) is 8.81. The zero-order valence-corrected chi connectivity index (χ0v) is 22.5. The predicted octanol–water partition coefficient (Wildman–Crippen LogP) is 2.04. The van der Waals surface area contributed by atoms with Gasteiger partial charge in [-0.05, 0) is 37.3 Å². The third-order valence-electron chi connectivity index (χ3n) is 7.42. The predicted molar refractivity (Wildman–Crippen MR) is 149 cm³/mol. The number of aromatic nitrogens is 5. The lowest BCUT2D eigenvalue weighted by Crippen LogP contribution is -2.47. The van der Waals surface area contributed by atoms with Crippen molar-refractivity contribution < 1.29 is 23.4 Å². The average molecular weight is 565 g/mol. The number of halogens is 1. The highest BCUT2D eigenvalue weighted by Gasteiger charge is 2.23. The van der Waals surface area contributed by atoms with Crippen LogP contribution in [-0.2, 0) is 18.4 Å². The molecular formula is C27H29FN8O5. The van der Waals surface area contributed by atoms with Gasteiger partial charge in [-0.15, -0.1) is 0 Å². The summed E-state index contributed by atoms with van der Waals surface area (Å²) in [4.78, 5) is 32.9. The number of ether oxygens (including phenoxy) is 1. The molecule has 3 N–H and O–H groups in total. The number of benzene rings is 1. The second kappa shape index (κ2) is 10.3. The number of hydrogen-bond donors (Lipinski definition) is 2. The smallest absolute Gasteiger partial charge is 0.344 e. The molecule has 1 unspecified atom stereocenters. The number of nitrogens with zero attached hydrogens (tertiary/aromatic N) is 7. The number of anilines is 2. The Morgan fingerprint density at radius 1 is 1.20 bits per heavy atom. The Kier molecular flexibility index (Phi) is 6.61. The van der Waals surface area contributed by atoms with Crippen LogP contribution in [0.5, 0.6) is 5.75 Å². The van der Waals surface area contributed by atoms with Crippen molar-refractivity contribution in [1.29, 1.82) is 0 Å². The first-order valence-electron chi connectivity index (χ1n) is 13.2. The lowest BCUT2D eigenvalue weighted by Gasteiger charge is -2.36. The van der Waals surface area contributed by atoms with Gasteiger partial charge < -0.3 is 24.9 Å². The highest BCUT2D eigenvalue weighted by Crippen LogP contribution is 2.27. The zero-order valence-electron chi connectivity index (χ0n) is 22.5. The Labute approximate surface area is 232 Å². The second-order valence-electron chi connectivity index (χ2n) is 9.98. The molecule has 214 valence electrons. The Morgan fingerprint density at radius 2 is 1.98 bits per heavy atom. The molecule has 0 radical (unpaired) electrons. The summed E-state index contributed by atoms with van der Waals surface area (Å²) in [6, 6.07) is 9.79. The number of imidazole rings is 1. The zero-order chi connectivity index (χ0) is 28.8. The molecular weight excluding hydrogens is 535 g/mol. The van der Waals surface area contributed by atoms with Gasteiger partial charge in [0.2, 0.25) is 5.95 Å². The summed E-state index contributed by atoms with van der Waals surface area (Å²) < 4.78 is 30.2. The number of fused-ring (bicyclic) bond motifs is 3. The fourth-order valence-corrected chi connectivity index (χ4v) is 5.20. The number of carbonyl (C=O) groups is 1. The molecule has 0 spiro atoms. The lowest BCUT2D eigenvalue weighted by atomic mass is 10.2. The van der Waals surface area contributed by atoms with Crippen LogP contribution < -0.4 is 21.1 Å². The standard InChI is InChI=1S/C27H29FN8O5/c1-16(25(37)38)41-17-5-6-20(18(28)14-17)34-10-7-33(8-11-34)9-12-35-24-23(32(2)27(35)39)21-15-19(22-4-3-13-40-22)31-36(21)26(29)30-24/h3-6,13-16H,7-12H2,1-2H3,(H2,29,30)(H,37,38). The molecule has 1 aromatic carbocycles. The largest absolute Gasteiger partial charge is 0.479 e. The van der Waals surface area contributed by atoms with E-state index >= 15 is 0 Å². The molecule has 1 saturated heterocycles. The Hall–Kier alpha value is -4.85. The second-order valence-corrected chi connectivity index (χ2v) is 9.98. The van der Waals surface area contributed by atoms with Gasteiger partial charge in [-0.3, -0.25) is 14.0 Å². The number of aliphatic carboxylic acids is 1. The van der Waals surface area contributed by atoms with Crippen LogP contribution in [0.25, 0.3) is 28.1 Å². The first-order chi connectivity index (χ1) is 19.7. The van der Waals surface area contributed by atoms with Gasteiger partial charge in [0, 0.05) is 52.4 Å². The Balaban J connectivity index is 1.16. The molecule has 1 aliphatic heterocycles. The van der Waals surface area contributed by atoms with Crippen LogP contribution in [0.1, 0.15) is 6.92 Å². The summed E-state index contributed by atoms with van der Waals surface area (Å²) in [6.45, 7) is 4.90. The minimum Gasteiger partial charge on any atom is -0.479 e. The van der Waals surface area contributed by atoms with Gasteiger partial charge >= 0.3 is 11.7 Å². The van der Waals surface area contributed by atoms with E-state index in [0.29, 0.717) is 73.1 Å². The van der Waals surface area contributed by atoms with Crippen molar-refractivity contribution in [3.63, 3.8) is 0 Å². The maximum Gasteiger partial charge on any atom is 0.344 e. The maximum absolute atomic E-state index is 14.8. The molecule has 13 nitrogen and oxygen atoms in total. The van der Waals surface area contributed by atoms with E-state index in [-0.39, 0.29) is 17.4 Å². The number of carboxylic acids is 1. The van der Waals surface area contributed by atoms with Gasteiger partial charge in [0.05, 0.1) is 17.5 Å². The van der Waals surface area contributed by atoms with Gasteiger partial charge in [-0.2, -0.15) is 14.6 Å². The Bertz CT molecular complexity index is 1800. The SMILES string of the molecule is CC(Oc1ccc(N2CCN(CCn3c(=O)n(C)c4c3nc(N)n3nc(-c5ccco5)cc43)CC2)c(F)c1)C(=O)O. The van der Waals surface area contributed by atoms with Crippen molar-refractivity contribution in [1.82, 2.24) is 28.6 Å². The Morgan fingerprint density at radius 3 is 2.66 bits per heavy atom. The van der Waals surface area contributed by atoms with Crippen LogP contribution in [0.3, 0.4) is 0 Å². The number of furan rings is 1. The summed E-state index contributed by atoms with van der Waals surface area (Å²) in [5.74, 6) is -0.679. The fraction of sp³-hybridized carbons (Fsp3) is 0.333. The van der Waals surface area contributed by atoms with Crippen LogP contribution in [-0.4, -0.2) is 78.5 Å². The monoisotopic (exact) mass is 564 g/mol. The minimum absolute atomic E-state index is 0.161. The van der Waals surface area contributed by atoms with E-state index in [1.54, 1.807) is 46.7 Å². The first kappa shape index (κ1) is 26.4. The summed E-state index contributed by atoms with van der Waals surface area (Å²) in [5, 5.41) is 13.5. The molecule has 0 amide bonds. The molecule has 1 atom stereocenters. The third-order valence-corrected chi connectivity index (χ3v) is 7.42. The van der Waals surface area contributed by atoms with Crippen molar-refractivity contribution in [3.05, 3.63) is 59.0 Å². The van der Waals surface area contributed by atoms with E-state index in [2.05, 4.69) is 15.0 Å². The summed E-state index contributed by atoms with van der Waals surface area (Å²) in [6.07, 6.45) is 0.491. The van der Waals surface area contributed by atoms with E-state index in [0.717, 1.165) is 0 Å². The molecule has 6 rings (SSSR count). The minimum atomic E-state index is -1.12. The molecule has 1 fully saturated rings. The molecule has 5 aromatic rings. The van der Waals surface area contributed by atoms with E-state index in [1.807, 2.05) is 11.0 Å². The number of carboxylic acid groups (broad SMARTS) is 1. The van der Waals surface area contributed by atoms with Crippen molar-refractivity contribution in [2.45, 2.75) is 19.6 Å². The maximum atomic E-state index is 14.8. The van der Waals surface area contributed by atoms with Gasteiger partial charge in [-0.1, -0.05) is 0 Å². The first-order valence-corrected chi connectivity index (χ1v) is 13.2. The number of aryl methyl sites for hydroxylation is 1. The van der Waals surface area contributed by atoms with Crippen LogP contribution in [0.15, 0.2) is 51.9 Å². The van der Waals surface area contributed by atoms with Crippen LogP contribution in [0.4, 0.5) is 16.0 Å². The summed E-state index contributed by atoms with van der Waals surface area (Å²) >= 11 is 0. The molecule has 41 heavy (non-hydrogen) atoms. The van der Waals surface area contributed by atoms with Crippen LogP contribution in [0.2, 0.25) is 0 Å². The molecule has 0 aliphatic carbocycles. The lowest BCUT2D eigenvalue weighted by molar-refractivity contribution is -0.144. The third kappa shape index (κ3) is 4.75. The van der Waals surface area contributed by atoms with Crippen molar-refractivity contribution in [3.8, 4) is 17.2 Å².